The van der Waals surface area contributed by atoms with E-state index in [1.807, 2.05) is 42.6 Å². The molecule has 3 aromatic rings. The van der Waals surface area contributed by atoms with Gasteiger partial charge in [-0.25, -0.2) is 4.98 Å². The lowest BCUT2D eigenvalue weighted by Gasteiger charge is -2.07. The van der Waals surface area contributed by atoms with Crippen molar-refractivity contribution in [3.8, 4) is 11.4 Å². The van der Waals surface area contributed by atoms with Crippen LogP contribution in [0, 0.1) is 0 Å². The number of benzene rings is 1. The molecule has 2 heterocycles. The number of nitrogens with zero attached hydrogens (tertiary/aromatic N) is 3. The molecule has 0 saturated heterocycles. The standard InChI is InChI=1S/C15H14N4/c16-13-6-7-17-14(10-13)11-19-9-8-18-15(19)12-4-2-1-3-5-12/h1-10H,11H2,(H2,16,17). The van der Waals surface area contributed by atoms with Crippen molar-refractivity contribution in [2.24, 2.45) is 0 Å². The number of pyridine rings is 1. The van der Waals surface area contributed by atoms with E-state index >= 15 is 0 Å². The largest absolute Gasteiger partial charge is 0.399 e. The van der Waals surface area contributed by atoms with Crippen LogP contribution in [0.1, 0.15) is 5.69 Å². The van der Waals surface area contributed by atoms with E-state index in [0.29, 0.717) is 6.54 Å². The Morgan fingerprint density at radius 1 is 1.00 bits per heavy atom. The molecular weight excluding hydrogens is 236 g/mol. The Bertz CT molecular complexity index is 673. The van der Waals surface area contributed by atoms with Crippen LogP contribution in [0.2, 0.25) is 0 Å². The Morgan fingerprint density at radius 2 is 1.84 bits per heavy atom. The van der Waals surface area contributed by atoms with Crippen LogP contribution in [0.25, 0.3) is 11.4 Å². The van der Waals surface area contributed by atoms with Crippen LogP contribution in [-0.4, -0.2) is 14.5 Å². The van der Waals surface area contributed by atoms with Crippen LogP contribution >= 0.6 is 0 Å². The number of rotatable bonds is 3. The Hall–Kier alpha value is -2.62. The van der Waals surface area contributed by atoms with Gasteiger partial charge in [-0.3, -0.25) is 4.98 Å². The van der Waals surface area contributed by atoms with Crippen LogP contribution in [0.3, 0.4) is 0 Å². The first-order valence-electron chi connectivity index (χ1n) is 6.10. The van der Waals surface area contributed by atoms with Crippen LogP contribution in [0.15, 0.2) is 61.1 Å². The molecule has 94 valence electrons. The molecule has 0 spiro atoms. The number of imidazole rings is 1. The van der Waals surface area contributed by atoms with Crippen molar-refractivity contribution in [2.45, 2.75) is 6.54 Å². The predicted octanol–water partition coefficient (Wildman–Crippen LogP) is 2.58. The fourth-order valence-electron chi connectivity index (χ4n) is 2.04. The molecule has 0 aliphatic heterocycles. The first kappa shape index (κ1) is 11.5. The molecule has 0 unspecified atom stereocenters. The summed E-state index contributed by atoms with van der Waals surface area (Å²) in [7, 11) is 0. The van der Waals surface area contributed by atoms with Crippen molar-refractivity contribution < 1.29 is 0 Å². The zero-order valence-corrected chi connectivity index (χ0v) is 10.4. The number of hydrogen-bond acceptors (Lipinski definition) is 3. The van der Waals surface area contributed by atoms with Crippen LogP contribution in [0.4, 0.5) is 5.69 Å². The smallest absolute Gasteiger partial charge is 0.140 e. The molecule has 0 amide bonds. The summed E-state index contributed by atoms with van der Waals surface area (Å²) >= 11 is 0. The topological polar surface area (TPSA) is 56.7 Å². The Labute approximate surface area is 111 Å². The number of aromatic nitrogens is 3. The van der Waals surface area contributed by atoms with Crippen molar-refractivity contribution in [2.75, 3.05) is 5.73 Å². The summed E-state index contributed by atoms with van der Waals surface area (Å²) in [6.07, 6.45) is 5.48. The monoisotopic (exact) mass is 250 g/mol. The zero-order valence-electron chi connectivity index (χ0n) is 10.4. The number of nitrogen functional groups attached to an aromatic ring is 1. The molecule has 4 heteroatoms. The highest BCUT2D eigenvalue weighted by Crippen LogP contribution is 2.18. The molecule has 1 aromatic carbocycles. The van der Waals surface area contributed by atoms with E-state index in [0.717, 1.165) is 22.8 Å². The molecule has 2 aromatic heterocycles. The fourth-order valence-corrected chi connectivity index (χ4v) is 2.04. The molecule has 3 rings (SSSR count). The fraction of sp³-hybridized carbons (Fsp3) is 0.0667. The highest BCUT2D eigenvalue weighted by atomic mass is 15.1. The molecule has 19 heavy (non-hydrogen) atoms. The van der Waals surface area contributed by atoms with E-state index in [1.54, 1.807) is 18.5 Å². The summed E-state index contributed by atoms with van der Waals surface area (Å²) < 4.78 is 2.07. The van der Waals surface area contributed by atoms with Crippen molar-refractivity contribution in [3.63, 3.8) is 0 Å². The van der Waals surface area contributed by atoms with Gasteiger partial charge in [-0.15, -0.1) is 0 Å². The molecule has 4 nitrogen and oxygen atoms in total. The van der Waals surface area contributed by atoms with Gasteiger partial charge in [0.2, 0.25) is 0 Å². The van der Waals surface area contributed by atoms with Crippen molar-refractivity contribution in [1.82, 2.24) is 14.5 Å². The van der Waals surface area contributed by atoms with Gasteiger partial charge in [0.05, 0.1) is 12.2 Å². The van der Waals surface area contributed by atoms with Crippen molar-refractivity contribution in [1.29, 1.82) is 0 Å². The SMILES string of the molecule is Nc1ccnc(Cn2ccnc2-c2ccccc2)c1. The molecule has 0 radical (unpaired) electrons. The minimum Gasteiger partial charge on any atom is -0.399 e. The Morgan fingerprint density at radius 3 is 2.63 bits per heavy atom. The zero-order chi connectivity index (χ0) is 13.1. The van der Waals surface area contributed by atoms with Gasteiger partial charge < -0.3 is 10.3 Å². The third-order valence-electron chi connectivity index (χ3n) is 2.92. The summed E-state index contributed by atoms with van der Waals surface area (Å²) in [5.74, 6) is 0.935. The molecule has 0 saturated carbocycles. The van der Waals surface area contributed by atoms with Crippen molar-refractivity contribution >= 4 is 5.69 Å². The summed E-state index contributed by atoms with van der Waals surface area (Å²) in [5, 5.41) is 0. The minimum atomic E-state index is 0.662. The van der Waals surface area contributed by atoms with E-state index in [1.165, 1.54) is 0 Å². The maximum atomic E-state index is 5.77. The van der Waals surface area contributed by atoms with Crippen LogP contribution in [0.5, 0.6) is 0 Å². The quantitative estimate of drug-likeness (QED) is 0.777. The van der Waals surface area contributed by atoms with Gasteiger partial charge in [0.15, 0.2) is 0 Å². The number of anilines is 1. The first-order chi connectivity index (χ1) is 9.33. The summed E-state index contributed by atoms with van der Waals surface area (Å²) in [5.41, 5.74) is 8.52. The summed E-state index contributed by atoms with van der Waals surface area (Å²) in [6, 6.07) is 13.8. The van der Waals surface area contributed by atoms with E-state index in [4.69, 9.17) is 5.73 Å². The second-order valence-electron chi connectivity index (χ2n) is 4.33. The predicted molar refractivity (Wildman–Crippen MR) is 75.4 cm³/mol. The molecule has 0 atom stereocenters. The molecule has 2 N–H and O–H groups in total. The third kappa shape index (κ3) is 2.47. The Kier molecular flexibility index (Phi) is 2.98. The lowest BCUT2D eigenvalue weighted by Crippen LogP contribution is -2.03. The highest BCUT2D eigenvalue weighted by molar-refractivity contribution is 5.55. The van der Waals surface area contributed by atoms with E-state index in [-0.39, 0.29) is 0 Å². The van der Waals surface area contributed by atoms with Gasteiger partial charge in [-0.1, -0.05) is 30.3 Å². The maximum absolute atomic E-state index is 5.77. The van der Waals surface area contributed by atoms with E-state index < -0.39 is 0 Å². The second kappa shape index (κ2) is 4.94. The lowest BCUT2D eigenvalue weighted by molar-refractivity contribution is 0.782. The lowest BCUT2D eigenvalue weighted by atomic mass is 10.2. The second-order valence-corrected chi connectivity index (χ2v) is 4.33. The van der Waals surface area contributed by atoms with Gasteiger partial charge >= 0.3 is 0 Å². The van der Waals surface area contributed by atoms with Crippen molar-refractivity contribution in [3.05, 3.63) is 66.7 Å². The maximum Gasteiger partial charge on any atom is 0.140 e. The Balaban J connectivity index is 1.93. The minimum absolute atomic E-state index is 0.662. The average molecular weight is 250 g/mol. The molecule has 0 bridgehead atoms. The normalized spacial score (nSPS) is 10.5. The summed E-state index contributed by atoms with van der Waals surface area (Å²) in [6.45, 7) is 0.662. The van der Waals surface area contributed by atoms with Gasteiger partial charge in [0, 0.05) is 29.8 Å². The van der Waals surface area contributed by atoms with E-state index in [2.05, 4.69) is 14.5 Å². The van der Waals surface area contributed by atoms with Gasteiger partial charge in [-0.2, -0.15) is 0 Å². The third-order valence-corrected chi connectivity index (χ3v) is 2.92. The van der Waals surface area contributed by atoms with E-state index in [9.17, 15) is 0 Å². The number of hydrogen-bond donors (Lipinski definition) is 1. The van der Waals surface area contributed by atoms with Crippen LogP contribution in [-0.2, 0) is 6.54 Å². The summed E-state index contributed by atoms with van der Waals surface area (Å²) in [4.78, 5) is 8.73. The van der Waals surface area contributed by atoms with Gasteiger partial charge in [0.25, 0.3) is 0 Å². The average Bonchev–Trinajstić information content (AvgIpc) is 2.88. The highest BCUT2D eigenvalue weighted by Gasteiger charge is 2.06. The number of nitrogens with two attached hydrogens (primary N) is 1. The first-order valence-corrected chi connectivity index (χ1v) is 6.10. The molecule has 0 aliphatic rings. The van der Waals surface area contributed by atoms with Crippen LogP contribution < -0.4 is 5.73 Å². The van der Waals surface area contributed by atoms with Gasteiger partial charge in [-0.05, 0) is 12.1 Å². The molecule has 0 fully saturated rings. The molecular formula is C15H14N4. The van der Waals surface area contributed by atoms with Gasteiger partial charge in [0.1, 0.15) is 5.82 Å². The molecule has 0 aliphatic carbocycles.